The van der Waals surface area contributed by atoms with Gasteiger partial charge in [-0.3, -0.25) is 9.58 Å². The maximum Gasteiger partial charge on any atom is 0.0774 e. The molecule has 120 valence electrons. The number of likely N-dealkylation sites (tertiary alicyclic amines) is 1. The summed E-state index contributed by atoms with van der Waals surface area (Å²) in [7, 11) is 1.94. The summed E-state index contributed by atoms with van der Waals surface area (Å²) in [5.74, 6) is 0. The van der Waals surface area contributed by atoms with Gasteiger partial charge in [0, 0.05) is 19.0 Å². The molecule has 1 aromatic heterocycles. The third-order valence-corrected chi connectivity index (χ3v) is 5.92. The van der Waals surface area contributed by atoms with Crippen LogP contribution < -0.4 is 0 Å². The lowest BCUT2D eigenvalue weighted by atomic mass is 9.91. The van der Waals surface area contributed by atoms with Crippen molar-refractivity contribution in [1.29, 1.82) is 0 Å². The molecule has 0 amide bonds. The van der Waals surface area contributed by atoms with Crippen molar-refractivity contribution in [2.24, 2.45) is 7.05 Å². The molecule has 1 atom stereocenters. The van der Waals surface area contributed by atoms with Gasteiger partial charge in [0.2, 0.25) is 0 Å². The maximum atomic E-state index is 10.8. The number of rotatable bonds is 4. The topological polar surface area (TPSA) is 41.3 Å². The van der Waals surface area contributed by atoms with E-state index in [1.165, 1.54) is 25.7 Å². The molecule has 1 unspecified atom stereocenters. The van der Waals surface area contributed by atoms with Crippen molar-refractivity contribution in [3.05, 3.63) is 15.9 Å². The Labute approximate surface area is 136 Å². The predicted octanol–water partition coefficient (Wildman–Crippen LogP) is 3.05. The number of hydrogen-bond acceptors (Lipinski definition) is 3. The van der Waals surface area contributed by atoms with Crippen LogP contribution in [0.5, 0.6) is 0 Å². The summed E-state index contributed by atoms with van der Waals surface area (Å²) in [5, 5.41) is 15.2. The SMILES string of the molecule is Cc1nn(C)c(CC(O)C(C)(C)N2CCCCCC2)c1Br. The summed E-state index contributed by atoms with van der Waals surface area (Å²) in [6, 6.07) is 0. The van der Waals surface area contributed by atoms with E-state index in [4.69, 9.17) is 0 Å². The fourth-order valence-electron chi connectivity index (χ4n) is 3.19. The van der Waals surface area contributed by atoms with E-state index in [-0.39, 0.29) is 5.54 Å². The van der Waals surface area contributed by atoms with Crippen molar-refractivity contribution < 1.29 is 5.11 Å². The van der Waals surface area contributed by atoms with E-state index < -0.39 is 6.10 Å². The molecular weight excluding hydrogens is 330 g/mol. The molecule has 0 spiro atoms. The largest absolute Gasteiger partial charge is 0.391 e. The van der Waals surface area contributed by atoms with Crippen LogP contribution in [0.25, 0.3) is 0 Å². The highest BCUT2D eigenvalue weighted by atomic mass is 79.9. The Kier molecular flexibility index (Phi) is 5.49. The summed E-state index contributed by atoms with van der Waals surface area (Å²) in [6.07, 6.45) is 5.34. The zero-order valence-electron chi connectivity index (χ0n) is 13.7. The monoisotopic (exact) mass is 357 g/mol. The minimum absolute atomic E-state index is 0.206. The molecule has 21 heavy (non-hydrogen) atoms. The molecule has 1 N–H and O–H groups in total. The molecule has 1 aliphatic heterocycles. The van der Waals surface area contributed by atoms with Gasteiger partial charge in [-0.2, -0.15) is 5.10 Å². The molecule has 0 saturated carbocycles. The Balaban J connectivity index is 2.11. The average Bonchev–Trinajstić information content (AvgIpc) is 2.68. The van der Waals surface area contributed by atoms with Crippen LogP contribution in [-0.2, 0) is 13.5 Å². The average molecular weight is 358 g/mol. The van der Waals surface area contributed by atoms with E-state index in [9.17, 15) is 5.11 Å². The third-order valence-electron chi connectivity index (χ3n) is 4.88. The van der Waals surface area contributed by atoms with E-state index in [0.717, 1.165) is 29.0 Å². The van der Waals surface area contributed by atoms with Crippen molar-refractivity contribution in [1.82, 2.24) is 14.7 Å². The highest BCUT2D eigenvalue weighted by molar-refractivity contribution is 9.10. The minimum Gasteiger partial charge on any atom is -0.391 e. The minimum atomic E-state index is -0.401. The number of hydrogen-bond donors (Lipinski definition) is 1. The Morgan fingerprint density at radius 3 is 2.29 bits per heavy atom. The molecule has 0 radical (unpaired) electrons. The second kappa shape index (κ2) is 6.80. The van der Waals surface area contributed by atoms with Crippen LogP contribution >= 0.6 is 15.9 Å². The summed E-state index contributed by atoms with van der Waals surface area (Å²) in [5.41, 5.74) is 1.84. The zero-order valence-corrected chi connectivity index (χ0v) is 15.3. The Bertz CT molecular complexity index is 476. The maximum absolute atomic E-state index is 10.8. The van der Waals surface area contributed by atoms with Gasteiger partial charge in [0.15, 0.2) is 0 Å². The highest BCUT2D eigenvalue weighted by Gasteiger charge is 2.35. The number of halogens is 1. The van der Waals surface area contributed by atoms with Gasteiger partial charge in [-0.15, -0.1) is 0 Å². The molecule has 1 aromatic rings. The number of aliphatic hydroxyl groups is 1. The van der Waals surface area contributed by atoms with Gasteiger partial charge in [-0.1, -0.05) is 12.8 Å². The fourth-order valence-corrected chi connectivity index (χ4v) is 3.69. The first-order valence-corrected chi connectivity index (χ1v) is 8.74. The van der Waals surface area contributed by atoms with Crippen LogP contribution in [-0.4, -0.2) is 44.5 Å². The molecule has 2 heterocycles. The van der Waals surface area contributed by atoms with Crippen LogP contribution in [0.15, 0.2) is 4.47 Å². The summed E-state index contributed by atoms with van der Waals surface area (Å²) >= 11 is 3.60. The second-order valence-corrected chi connectivity index (χ2v) is 7.54. The Morgan fingerprint density at radius 2 is 1.81 bits per heavy atom. The quantitative estimate of drug-likeness (QED) is 0.900. The van der Waals surface area contributed by atoms with Crippen molar-refractivity contribution in [2.75, 3.05) is 13.1 Å². The van der Waals surface area contributed by atoms with E-state index in [0.29, 0.717) is 6.42 Å². The fraction of sp³-hybridized carbons (Fsp3) is 0.812. The third kappa shape index (κ3) is 3.69. The van der Waals surface area contributed by atoms with E-state index >= 15 is 0 Å². The van der Waals surface area contributed by atoms with Crippen molar-refractivity contribution >= 4 is 15.9 Å². The first kappa shape index (κ1) is 17.0. The molecule has 1 aliphatic rings. The van der Waals surface area contributed by atoms with Gasteiger partial charge in [0.1, 0.15) is 0 Å². The van der Waals surface area contributed by atoms with Crippen molar-refractivity contribution in [3.63, 3.8) is 0 Å². The van der Waals surface area contributed by atoms with Crippen molar-refractivity contribution in [2.45, 2.75) is 64.5 Å². The molecule has 0 bridgehead atoms. The van der Waals surface area contributed by atoms with Gasteiger partial charge in [-0.25, -0.2) is 0 Å². The molecule has 1 saturated heterocycles. The predicted molar refractivity (Wildman–Crippen MR) is 89.5 cm³/mol. The molecule has 0 aliphatic carbocycles. The first-order valence-electron chi connectivity index (χ1n) is 7.95. The van der Waals surface area contributed by atoms with E-state index in [1.807, 2.05) is 18.7 Å². The molecule has 4 nitrogen and oxygen atoms in total. The molecule has 5 heteroatoms. The highest BCUT2D eigenvalue weighted by Crippen LogP contribution is 2.28. The normalized spacial score (nSPS) is 19.5. The smallest absolute Gasteiger partial charge is 0.0774 e. The standard InChI is InChI=1S/C16H28BrN3O/c1-12-15(17)13(19(4)18-12)11-14(21)16(2,3)20-9-7-5-6-8-10-20/h14,21H,5-11H2,1-4H3. The van der Waals surface area contributed by atoms with Crippen LogP contribution in [0.2, 0.25) is 0 Å². The van der Waals surface area contributed by atoms with Crippen LogP contribution in [0, 0.1) is 6.92 Å². The molecule has 1 fully saturated rings. The van der Waals surface area contributed by atoms with E-state index in [1.54, 1.807) is 0 Å². The summed E-state index contributed by atoms with van der Waals surface area (Å²) in [6.45, 7) is 8.51. The summed E-state index contributed by atoms with van der Waals surface area (Å²) < 4.78 is 2.90. The first-order chi connectivity index (χ1) is 9.84. The number of aromatic nitrogens is 2. The van der Waals surface area contributed by atoms with Crippen molar-refractivity contribution in [3.8, 4) is 0 Å². The van der Waals surface area contributed by atoms with E-state index in [2.05, 4.69) is 39.8 Å². The molecular formula is C16H28BrN3O. The zero-order chi connectivity index (χ0) is 15.6. The van der Waals surface area contributed by atoms with Gasteiger partial charge in [0.05, 0.1) is 22.0 Å². The lowest BCUT2D eigenvalue weighted by Crippen LogP contribution is -2.53. The van der Waals surface area contributed by atoms with Crippen LogP contribution in [0.3, 0.4) is 0 Å². The number of aryl methyl sites for hydroxylation is 2. The van der Waals surface area contributed by atoms with Gasteiger partial charge >= 0.3 is 0 Å². The Morgan fingerprint density at radius 1 is 1.24 bits per heavy atom. The molecule has 2 rings (SSSR count). The van der Waals surface area contributed by atoms with Crippen LogP contribution in [0.1, 0.15) is 50.9 Å². The number of nitrogens with zero attached hydrogens (tertiary/aromatic N) is 3. The van der Waals surface area contributed by atoms with Gasteiger partial charge in [-0.05, 0) is 62.6 Å². The lowest BCUT2D eigenvalue weighted by molar-refractivity contribution is -0.00882. The Hall–Kier alpha value is -0.390. The lowest BCUT2D eigenvalue weighted by Gasteiger charge is -2.41. The van der Waals surface area contributed by atoms with Gasteiger partial charge < -0.3 is 5.11 Å². The number of aliphatic hydroxyl groups excluding tert-OH is 1. The van der Waals surface area contributed by atoms with Crippen LogP contribution in [0.4, 0.5) is 0 Å². The summed E-state index contributed by atoms with van der Waals surface area (Å²) in [4.78, 5) is 2.46. The second-order valence-electron chi connectivity index (χ2n) is 6.74. The molecule has 0 aromatic carbocycles. The van der Waals surface area contributed by atoms with Gasteiger partial charge in [0.25, 0.3) is 0 Å².